The maximum atomic E-state index is 12.5. The Morgan fingerprint density at radius 2 is 0.758 bits per heavy atom. The van der Waals surface area contributed by atoms with Gasteiger partial charge in [-0.1, -0.05) is 276 Å². The quantitative estimate of drug-likeness (QED) is 0.0321. The summed E-state index contributed by atoms with van der Waals surface area (Å²) in [4.78, 5) is 24.6. The summed E-state index contributed by atoms with van der Waals surface area (Å²) in [7, 11) is 0. The number of amides is 1. The molecular weight excluding hydrogens is 815 g/mol. The largest absolute Gasteiger partial charge is 0.466 e. The Labute approximate surface area is 411 Å². The van der Waals surface area contributed by atoms with Crippen molar-refractivity contribution >= 4 is 11.9 Å². The third-order valence-corrected chi connectivity index (χ3v) is 13.8. The lowest BCUT2D eigenvalue weighted by Crippen LogP contribution is -2.45. The van der Waals surface area contributed by atoms with Crippen LogP contribution in [-0.4, -0.2) is 47.4 Å². The minimum absolute atomic E-state index is 0.00260. The maximum absolute atomic E-state index is 12.5. The highest BCUT2D eigenvalue weighted by molar-refractivity contribution is 5.76. The van der Waals surface area contributed by atoms with Gasteiger partial charge in [0.15, 0.2) is 0 Å². The van der Waals surface area contributed by atoms with Gasteiger partial charge in [0, 0.05) is 12.8 Å². The van der Waals surface area contributed by atoms with Crippen LogP contribution < -0.4 is 5.32 Å². The first-order chi connectivity index (χ1) is 32.5. The third-order valence-electron chi connectivity index (χ3n) is 13.8. The van der Waals surface area contributed by atoms with Crippen molar-refractivity contribution in [1.29, 1.82) is 0 Å². The van der Waals surface area contributed by atoms with Crippen molar-refractivity contribution in [2.75, 3.05) is 13.2 Å². The van der Waals surface area contributed by atoms with Gasteiger partial charge in [-0.25, -0.2) is 0 Å². The number of carbonyl (C=O) groups is 2. The summed E-state index contributed by atoms with van der Waals surface area (Å²) in [6.45, 7) is 4.92. The third kappa shape index (κ3) is 51.7. The molecule has 0 aliphatic heterocycles. The molecule has 0 aromatic carbocycles. The van der Waals surface area contributed by atoms with Gasteiger partial charge >= 0.3 is 5.97 Å². The van der Waals surface area contributed by atoms with E-state index < -0.39 is 12.1 Å². The zero-order valence-corrected chi connectivity index (χ0v) is 44.4. The molecule has 0 radical (unpaired) electrons. The van der Waals surface area contributed by atoms with Crippen molar-refractivity contribution in [2.24, 2.45) is 0 Å². The monoisotopic (exact) mass is 930 g/mol. The molecule has 0 bridgehead atoms. The van der Waals surface area contributed by atoms with Crippen LogP contribution in [0.1, 0.15) is 322 Å². The van der Waals surface area contributed by atoms with Gasteiger partial charge in [0.05, 0.1) is 25.4 Å². The second-order valence-corrected chi connectivity index (χ2v) is 20.3. The highest BCUT2D eigenvalue weighted by Crippen LogP contribution is 2.17. The van der Waals surface area contributed by atoms with Crippen LogP contribution in [0.5, 0.6) is 0 Å². The van der Waals surface area contributed by atoms with Crippen molar-refractivity contribution in [3.05, 3.63) is 24.3 Å². The highest BCUT2D eigenvalue weighted by atomic mass is 16.5. The molecule has 0 fully saturated rings. The molecule has 0 aliphatic rings. The number of ether oxygens (including phenoxy) is 1. The normalized spacial score (nSPS) is 12.7. The van der Waals surface area contributed by atoms with E-state index in [2.05, 4.69) is 43.5 Å². The Morgan fingerprint density at radius 3 is 1.18 bits per heavy atom. The Balaban J connectivity index is 3.41. The van der Waals surface area contributed by atoms with Crippen molar-refractivity contribution in [2.45, 2.75) is 334 Å². The van der Waals surface area contributed by atoms with Crippen LogP contribution in [-0.2, 0) is 14.3 Å². The molecule has 1 amide bonds. The molecule has 0 saturated heterocycles. The molecular formula is C60H115NO5. The summed E-state index contributed by atoms with van der Waals surface area (Å²) in [6, 6.07) is -0.548. The van der Waals surface area contributed by atoms with Gasteiger partial charge in [0.25, 0.3) is 0 Å². The first kappa shape index (κ1) is 64.3. The fraction of sp³-hybridized carbons (Fsp3) is 0.900. The lowest BCUT2D eigenvalue weighted by Gasteiger charge is -2.22. The molecule has 66 heavy (non-hydrogen) atoms. The van der Waals surface area contributed by atoms with E-state index >= 15 is 0 Å². The van der Waals surface area contributed by atoms with Crippen molar-refractivity contribution in [1.82, 2.24) is 5.32 Å². The lowest BCUT2D eigenvalue weighted by molar-refractivity contribution is -0.143. The average Bonchev–Trinajstić information content (AvgIpc) is 3.32. The van der Waals surface area contributed by atoms with Gasteiger partial charge in [0.2, 0.25) is 5.91 Å². The van der Waals surface area contributed by atoms with Gasteiger partial charge in [-0.2, -0.15) is 0 Å². The van der Waals surface area contributed by atoms with Crippen molar-refractivity contribution in [3.63, 3.8) is 0 Å². The summed E-state index contributed by atoms with van der Waals surface area (Å²) >= 11 is 0. The highest BCUT2D eigenvalue weighted by Gasteiger charge is 2.20. The van der Waals surface area contributed by atoms with Crippen molar-refractivity contribution in [3.8, 4) is 0 Å². The van der Waals surface area contributed by atoms with E-state index in [-0.39, 0.29) is 18.5 Å². The average molecular weight is 931 g/mol. The second-order valence-electron chi connectivity index (χ2n) is 20.3. The van der Waals surface area contributed by atoms with Crippen LogP contribution in [0, 0.1) is 0 Å². The predicted molar refractivity (Wildman–Crippen MR) is 287 cm³/mol. The summed E-state index contributed by atoms with van der Waals surface area (Å²) in [5.74, 6) is -0.0446. The Morgan fingerprint density at radius 1 is 0.424 bits per heavy atom. The predicted octanol–water partition coefficient (Wildman–Crippen LogP) is 18.2. The van der Waals surface area contributed by atoms with Crippen molar-refractivity contribution < 1.29 is 24.5 Å². The molecule has 390 valence electrons. The minimum Gasteiger partial charge on any atom is -0.466 e. The number of esters is 1. The van der Waals surface area contributed by atoms with Gasteiger partial charge in [-0.3, -0.25) is 9.59 Å². The molecule has 0 aromatic rings. The fourth-order valence-corrected chi connectivity index (χ4v) is 9.20. The molecule has 3 N–H and O–H groups in total. The SMILES string of the molecule is CCCCC/C=C\C/C=C\CCCCCCCCCCCC(=O)OCCCCCCCCCCCCCCCCCC(=O)NC(CO)C(O)CCCCCCCCCCCCCCCCC. The van der Waals surface area contributed by atoms with Gasteiger partial charge < -0.3 is 20.3 Å². The van der Waals surface area contributed by atoms with Crippen LogP contribution in [0.2, 0.25) is 0 Å². The van der Waals surface area contributed by atoms with Gasteiger partial charge in [-0.15, -0.1) is 0 Å². The zero-order valence-electron chi connectivity index (χ0n) is 44.4. The first-order valence-corrected chi connectivity index (χ1v) is 29.6. The topological polar surface area (TPSA) is 95.9 Å². The Bertz CT molecular complexity index is 1030. The van der Waals surface area contributed by atoms with Crippen LogP contribution in [0.4, 0.5) is 0 Å². The van der Waals surface area contributed by atoms with Crippen LogP contribution >= 0.6 is 0 Å². The molecule has 0 aromatic heterocycles. The molecule has 6 heteroatoms. The first-order valence-electron chi connectivity index (χ1n) is 29.6. The second kappa shape index (κ2) is 55.9. The zero-order chi connectivity index (χ0) is 47.9. The number of unbranched alkanes of at least 4 members (excludes halogenated alkanes) is 40. The van der Waals surface area contributed by atoms with E-state index in [1.165, 1.54) is 231 Å². The van der Waals surface area contributed by atoms with E-state index in [1.807, 2.05) is 0 Å². The van der Waals surface area contributed by atoms with Crippen LogP contribution in [0.15, 0.2) is 24.3 Å². The Hall–Kier alpha value is -1.66. The van der Waals surface area contributed by atoms with Gasteiger partial charge in [0.1, 0.15) is 0 Å². The smallest absolute Gasteiger partial charge is 0.305 e. The number of carbonyl (C=O) groups excluding carboxylic acids is 2. The molecule has 0 aliphatic carbocycles. The van der Waals surface area contributed by atoms with E-state index in [0.717, 1.165) is 57.8 Å². The number of hydrogen-bond donors (Lipinski definition) is 3. The van der Waals surface area contributed by atoms with E-state index in [9.17, 15) is 19.8 Å². The molecule has 0 saturated carbocycles. The summed E-state index contributed by atoms with van der Waals surface area (Å²) in [5, 5.41) is 23.3. The van der Waals surface area contributed by atoms with E-state index in [1.54, 1.807) is 0 Å². The van der Waals surface area contributed by atoms with E-state index in [0.29, 0.717) is 25.9 Å². The maximum Gasteiger partial charge on any atom is 0.305 e. The number of rotatable bonds is 55. The molecule has 2 unspecified atom stereocenters. The standard InChI is InChI=1S/C60H115NO5/c1-3-5-7-9-11-13-15-17-19-20-21-22-26-30-34-38-42-46-50-54-60(65)66-55-51-47-43-39-35-31-27-23-25-29-33-37-41-45-49-53-59(64)61-57(56-62)58(63)52-48-44-40-36-32-28-24-18-16-14-12-10-8-6-4-2/h11,13,17,19,57-58,62-63H,3-10,12,14-16,18,20-56H2,1-2H3,(H,61,64)/b13-11-,19-17-. The van der Waals surface area contributed by atoms with Gasteiger partial charge in [-0.05, 0) is 57.8 Å². The molecule has 0 heterocycles. The van der Waals surface area contributed by atoms with Crippen LogP contribution in [0.25, 0.3) is 0 Å². The number of aliphatic hydroxyl groups excluding tert-OH is 2. The summed E-state index contributed by atoms with van der Waals surface area (Å²) in [6.07, 6.45) is 67.3. The number of hydrogen-bond acceptors (Lipinski definition) is 5. The number of nitrogens with one attached hydrogen (secondary N) is 1. The van der Waals surface area contributed by atoms with Crippen LogP contribution in [0.3, 0.4) is 0 Å². The van der Waals surface area contributed by atoms with E-state index in [4.69, 9.17) is 4.74 Å². The number of aliphatic hydroxyl groups is 2. The lowest BCUT2D eigenvalue weighted by atomic mass is 10.0. The number of allylic oxidation sites excluding steroid dienone is 4. The summed E-state index contributed by atoms with van der Waals surface area (Å²) < 4.78 is 5.49. The molecule has 6 nitrogen and oxygen atoms in total. The minimum atomic E-state index is -0.670. The Kier molecular flexibility index (Phi) is 54.5. The summed E-state index contributed by atoms with van der Waals surface area (Å²) in [5.41, 5.74) is 0. The fourth-order valence-electron chi connectivity index (χ4n) is 9.20. The molecule has 0 rings (SSSR count). The molecule has 2 atom stereocenters. The molecule has 0 spiro atoms.